The third kappa shape index (κ3) is 6.07. The van der Waals surface area contributed by atoms with Crippen LogP contribution in [0.3, 0.4) is 0 Å². The van der Waals surface area contributed by atoms with E-state index >= 15 is 0 Å². The van der Waals surface area contributed by atoms with E-state index in [0.29, 0.717) is 6.42 Å². The number of hydrogen-bond acceptors (Lipinski definition) is 7. The average molecular weight is 386 g/mol. The van der Waals surface area contributed by atoms with Gasteiger partial charge in [0, 0.05) is 13.1 Å². The van der Waals surface area contributed by atoms with Gasteiger partial charge in [0.25, 0.3) is 0 Å². The Labute approximate surface area is 145 Å². The van der Waals surface area contributed by atoms with Gasteiger partial charge in [-0.15, -0.1) is 0 Å². The Morgan fingerprint density at radius 3 is 2.20 bits per heavy atom. The summed E-state index contributed by atoms with van der Waals surface area (Å²) in [7, 11) is -5.90. The Morgan fingerprint density at radius 2 is 1.76 bits per heavy atom. The number of alkyl halides is 2. The predicted octanol–water partition coefficient (Wildman–Crippen LogP) is 1.70. The van der Waals surface area contributed by atoms with E-state index in [9.17, 15) is 31.3 Å². The number of amides is 1. The molecule has 1 rings (SSSR count). The molecule has 0 atom stereocenters. The Morgan fingerprint density at radius 1 is 1.24 bits per heavy atom. The third-order valence-corrected chi connectivity index (χ3v) is 4.90. The summed E-state index contributed by atoms with van der Waals surface area (Å²) in [6, 6.07) is 0. The van der Waals surface area contributed by atoms with Gasteiger partial charge in [-0.3, -0.25) is 4.79 Å². The van der Waals surface area contributed by atoms with E-state index in [-0.39, 0.29) is 25.9 Å². The minimum atomic E-state index is -5.90. The number of carbonyl (C=O) groups excluding carboxylic acids is 2. The van der Waals surface area contributed by atoms with Crippen LogP contribution in [0.15, 0.2) is 0 Å². The van der Waals surface area contributed by atoms with Gasteiger partial charge < -0.3 is 18.9 Å². The maximum absolute atomic E-state index is 13.0. The molecule has 0 aliphatic carbocycles. The minimum Gasteiger partial charge on any atom is -0.743 e. The highest BCUT2D eigenvalue weighted by atomic mass is 32.2. The van der Waals surface area contributed by atoms with E-state index < -0.39 is 45.6 Å². The highest BCUT2D eigenvalue weighted by Crippen LogP contribution is 2.24. The van der Waals surface area contributed by atoms with E-state index in [1.807, 2.05) is 6.92 Å². The van der Waals surface area contributed by atoms with Crippen molar-refractivity contribution in [2.45, 2.75) is 50.9 Å². The van der Waals surface area contributed by atoms with Crippen LogP contribution in [0.25, 0.3) is 0 Å². The number of halogens is 2. The van der Waals surface area contributed by atoms with Crippen molar-refractivity contribution in [1.29, 1.82) is 0 Å². The lowest BCUT2D eigenvalue weighted by Crippen LogP contribution is -2.44. The molecule has 0 spiro atoms. The molecular weight excluding hydrogens is 364 g/mol. The molecule has 11 heteroatoms. The molecule has 8 nitrogen and oxygen atoms in total. The standard InChI is InChI=1S/C14H23F2NO7S/c1-4-13(2,3)24-12(19)17-7-5-10(6-8-17)11(18)23-9-14(15,16)25(20,21)22/h10H,4-9H2,1-3H3,(H,20,21,22)/p-1. The minimum absolute atomic E-state index is 0.163. The second-order valence-corrected chi connectivity index (χ2v) is 7.95. The number of carbonyl (C=O) groups is 2. The number of nitrogens with zero attached hydrogens (tertiary/aromatic N) is 1. The molecule has 0 bridgehead atoms. The van der Waals surface area contributed by atoms with Gasteiger partial charge in [-0.1, -0.05) is 6.92 Å². The van der Waals surface area contributed by atoms with E-state index in [1.165, 1.54) is 4.90 Å². The Bertz CT molecular complexity index is 598. The van der Waals surface area contributed by atoms with Gasteiger partial charge in [0.2, 0.25) is 0 Å². The monoisotopic (exact) mass is 386 g/mol. The van der Waals surface area contributed by atoms with Crippen LogP contribution in [-0.2, 0) is 24.4 Å². The van der Waals surface area contributed by atoms with Gasteiger partial charge in [0.15, 0.2) is 16.7 Å². The number of hydrogen-bond donors (Lipinski definition) is 0. The number of ether oxygens (including phenoxy) is 2. The second-order valence-electron chi connectivity index (χ2n) is 6.44. The van der Waals surface area contributed by atoms with Crippen molar-refractivity contribution in [3.05, 3.63) is 0 Å². The van der Waals surface area contributed by atoms with Crippen LogP contribution in [0, 0.1) is 5.92 Å². The second kappa shape index (κ2) is 7.81. The van der Waals surface area contributed by atoms with Crippen LogP contribution < -0.4 is 0 Å². The van der Waals surface area contributed by atoms with Gasteiger partial charge in [0.05, 0.1) is 5.92 Å². The van der Waals surface area contributed by atoms with E-state index in [0.717, 1.165) is 0 Å². The van der Waals surface area contributed by atoms with E-state index in [4.69, 9.17) is 4.74 Å². The molecule has 25 heavy (non-hydrogen) atoms. The van der Waals surface area contributed by atoms with Crippen LogP contribution in [0.5, 0.6) is 0 Å². The zero-order chi connectivity index (χ0) is 19.5. The van der Waals surface area contributed by atoms with Gasteiger partial charge in [-0.25, -0.2) is 13.2 Å². The summed E-state index contributed by atoms with van der Waals surface area (Å²) < 4.78 is 66.6. The number of piperidine rings is 1. The van der Waals surface area contributed by atoms with Crippen molar-refractivity contribution in [2.24, 2.45) is 5.92 Å². The molecular formula is C14H22F2NO7S-. The van der Waals surface area contributed by atoms with E-state index in [2.05, 4.69) is 4.74 Å². The molecule has 1 fully saturated rings. The largest absolute Gasteiger partial charge is 0.743 e. The van der Waals surface area contributed by atoms with Gasteiger partial charge in [-0.2, -0.15) is 8.78 Å². The molecule has 146 valence electrons. The fourth-order valence-corrected chi connectivity index (χ4v) is 2.22. The fourth-order valence-electron chi connectivity index (χ4n) is 2.02. The lowest BCUT2D eigenvalue weighted by atomic mass is 9.97. The van der Waals surface area contributed by atoms with Crippen LogP contribution in [0.2, 0.25) is 0 Å². The number of esters is 1. The summed E-state index contributed by atoms with van der Waals surface area (Å²) in [4.78, 5) is 25.1. The highest BCUT2D eigenvalue weighted by Gasteiger charge is 2.40. The fraction of sp³-hybridized carbons (Fsp3) is 0.857. The summed E-state index contributed by atoms with van der Waals surface area (Å²) in [5, 5.41) is -4.67. The summed E-state index contributed by atoms with van der Waals surface area (Å²) >= 11 is 0. The van der Waals surface area contributed by atoms with Crippen molar-refractivity contribution < 1.29 is 40.8 Å². The zero-order valence-electron chi connectivity index (χ0n) is 14.3. The molecule has 1 amide bonds. The first kappa shape index (κ1) is 21.6. The Hall–Kier alpha value is -1.49. The molecule has 0 aromatic carbocycles. The molecule has 1 saturated heterocycles. The lowest BCUT2D eigenvalue weighted by molar-refractivity contribution is -0.156. The summed E-state index contributed by atoms with van der Waals surface area (Å²) in [5.74, 6) is -1.78. The van der Waals surface area contributed by atoms with Crippen molar-refractivity contribution in [3.63, 3.8) is 0 Å². The van der Waals surface area contributed by atoms with Crippen LogP contribution >= 0.6 is 0 Å². The number of rotatable bonds is 6. The molecule has 1 heterocycles. The molecule has 0 saturated carbocycles. The molecule has 0 aromatic heterocycles. The van der Waals surface area contributed by atoms with E-state index in [1.54, 1.807) is 13.8 Å². The average Bonchev–Trinajstić information content (AvgIpc) is 2.51. The van der Waals surface area contributed by atoms with Gasteiger partial charge in [0.1, 0.15) is 5.60 Å². The maximum atomic E-state index is 13.0. The van der Waals surface area contributed by atoms with Gasteiger partial charge >= 0.3 is 17.3 Å². The van der Waals surface area contributed by atoms with Crippen molar-refractivity contribution in [1.82, 2.24) is 4.90 Å². The predicted molar refractivity (Wildman–Crippen MR) is 80.8 cm³/mol. The smallest absolute Gasteiger partial charge is 0.410 e. The SMILES string of the molecule is CCC(C)(C)OC(=O)N1CCC(C(=O)OCC(F)(F)S(=O)(=O)[O-])CC1. The lowest BCUT2D eigenvalue weighted by Gasteiger charge is -2.33. The normalized spacial score (nSPS) is 17.3. The zero-order valence-corrected chi connectivity index (χ0v) is 15.1. The van der Waals surface area contributed by atoms with Crippen molar-refractivity contribution >= 4 is 22.2 Å². The molecule has 0 radical (unpaired) electrons. The molecule has 1 aliphatic rings. The van der Waals surface area contributed by atoms with Crippen LogP contribution in [0.4, 0.5) is 13.6 Å². The molecule has 0 N–H and O–H groups in total. The molecule has 0 unspecified atom stereocenters. The van der Waals surface area contributed by atoms with Crippen LogP contribution in [-0.4, -0.2) is 60.5 Å². The topological polar surface area (TPSA) is 113 Å². The first-order chi connectivity index (χ1) is 11.3. The first-order valence-electron chi connectivity index (χ1n) is 7.77. The van der Waals surface area contributed by atoms with Crippen molar-refractivity contribution in [3.8, 4) is 0 Å². The summed E-state index contributed by atoms with van der Waals surface area (Å²) in [6.07, 6.45) is 0.424. The van der Waals surface area contributed by atoms with Crippen LogP contribution in [0.1, 0.15) is 40.0 Å². The summed E-state index contributed by atoms with van der Waals surface area (Å²) in [5.41, 5.74) is -0.623. The molecule has 0 aromatic rings. The van der Waals surface area contributed by atoms with Gasteiger partial charge in [-0.05, 0) is 33.1 Å². The molecule has 1 aliphatic heterocycles. The summed E-state index contributed by atoms with van der Waals surface area (Å²) in [6.45, 7) is 3.93. The highest BCUT2D eigenvalue weighted by molar-refractivity contribution is 7.86. The number of likely N-dealkylation sites (tertiary alicyclic amines) is 1. The van der Waals surface area contributed by atoms with Crippen molar-refractivity contribution in [2.75, 3.05) is 19.7 Å². The quantitative estimate of drug-likeness (QED) is 0.504. The Balaban J connectivity index is 2.49. The third-order valence-electron chi connectivity index (χ3n) is 4.05. The Kier molecular flexibility index (Phi) is 6.74. The first-order valence-corrected chi connectivity index (χ1v) is 9.18. The maximum Gasteiger partial charge on any atom is 0.410 e.